The largest absolute Gasteiger partial charge is 0.451 e. The lowest BCUT2D eigenvalue weighted by atomic mass is 9.45. The van der Waals surface area contributed by atoms with Crippen LogP contribution in [0.5, 0.6) is 0 Å². The minimum atomic E-state index is -1.47. The van der Waals surface area contributed by atoms with Crippen LogP contribution in [-0.2, 0) is 16.0 Å². The highest BCUT2D eigenvalue weighted by Gasteiger charge is 2.70. The molecule has 0 radical (unpaired) electrons. The number of carbonyl (C=O) groups is 2. The molecule has 3 saturated carbocycles. The molecule has 41 heavy (non-hydrogen) atoms. The van der Waals surface area contributed by atoms with Gasteiger partial charge in [-0.05, 0) is 85.5 Å². The number of hydrogen-bond acceptors (Lipinski definition) is 8. The summed E-state index contributed by atoms with van der Waals surface area (Å²) in [5, 5.41) is 16.0. The Balaban J connectivity index is 1.22. The molecule has 9 nitrogen and oxygen atoms in total. The van der Waals surface area contributed by atoms with Crippen LogP contribution in [-0.4, -0.2) is 47.6 Å². The molecule has 3 heterocycles. The lowest BCUT2D eigenvalue weighted by Crippen LogP contribution is -2.62. The number of hydrogen-bond donors (Lipinski definition) is 2. The molecule has 0 saturated heterocycles. The van der Waals surface area contributed by atoms with E-state index in [-0.39, 0.29) is 28.9 Å². The molecule has 214 valence electrons. The van der Waals surface area contributed by atoms with Gasteiger partial charge in [-0.2, -0.15) is 5.10 Å². The number of aliphatic hydroxyl groups is 1. The van der Waals surface area contributed by atoms with Crippen molar-refractivity contribution in [3.8, 4) is 5.82 Å². The molecule has 7 rings (SSSR count). The number of thiol groups is 1. The topological polar surface area (TPSA) is 120 Å². The lowest BCUT2D eigenvalue weighted by molar-refractivity contribution is -0.174. The van der Waals surface area contributed by atoms with Gasteiger partial charge in [0.05, 0.1) is 24.2 Å². The summed E-state index contributed by atoms with van der Waals surface area (Å²) in [6.45, 7) is 4.20. The van der Waals surface area contributed by atoms with E-state index in [0.717, 1.165) is 30.5 Å². The molecule has 0 unspecified atom stereocenters. The van der Waals surface area contributed by atoms with Crippen molar-refractivity contribution in [3.63, 3.8) is 0 Å². The van der Waals surface area contributed by atoms with Crippen LogP contribution in [0.4, 0.5) is 4.39 Å². The number of esters is 1. The van der Waals surface area contributed by atoms with Crippen LogP contribution >= 0.6 is 12.6 Å². The molecule has 11 heteroatoms. The molecule has 0 amide bonds. The zero-order chi connectivity index (χ0) is 28.7. The number of allylic oxidation sites excluding steroid dienone is 1. The van der Waals surface area contributed by atoms with Gasteiger partial charge in [0.15, 0.2) is 23.5 Å². The van der Waals surface area contributed by atoms with E-state index in [1.165, 1.54) is 24.1 Å². The molecule has 3 fully saturated rings. The maximum Gasteiger partial charge on any atom is 0.361 e. The molecule has 0 bridgehead atoms. The zero-order valence-corrected chi connectivity index (χ0v) is 23.7. The fourth-order valence-electron chi connectivity index (χ4n) is 8.93. The summed E-state index contributed by atoms with van der Waals surface area (Å²) in [6, 6.07) is 2.99. The van der Waals surface area contributed by atoms with Crippen molar-refractivity contribution in [2.75, 3.05) is 0 Å². The van der Waals surface area contributed by atoms with E-state index < -0.39 is 34.0 Å². The molecule has 0 aliphatic heterocycles. The van der Waals surface area contributed by atoms with Gasteiger partial charge in [-0.25, -0.2) is 23.8 Å². The van der Waals surface area contributed by atoms with Crippen molar-refractivity contribution in [1.82, 2.24) is 19.7 Å². The van der Waals surface area contributed by atoms with Crippen molar-refractivity contribution in [1.29, 1.82) is 0 Å². The number of aromatic nitrogens is 4. The lowest BCUT2D eigenvalue weighted by Gasteiger charge is -2.60. The summed E-state index contributed by atoms with van der Waals surface area (Å²) < 4.78 is 26.2. The van der Waals surface area contributed by atoms with Gasteiger partial charge >= 0.3 is 5.97 Å². The number of aliphatic hydroxyl groups excluding tert-OH is 1. The third-order valence-electron chi connectivity index (χ3n) is 10.7. The van der Waals surface area contributed by atoms with Gasteiger partial charge in [-0.15, -0.1) is 12.6 Å². The van der Waals surface area contributed by atoms with Gasteiger partial charge in [-0.1, -0.05) is 19.4 Å². The first kappa shape index (κ1) is 26.6. The van der Waals surface area contributed by atoms with E-state index in [9.17, 15) is 19.1 Å². The first-order valence-corrected chi connectivity index (χ1v) is 14.4. The Hall–Kier alpha value is -3.31. The minimum absolute atomic E-state index is 0.00501. The number of pyridine rings is 1. The number of nitrogens with zero attached hydrogens (tertiary/aromatic N) is 4. The second kappa shape index (κ2) is 9.09. The molecule has 0 spiro atoms. The number of oxazole rings is 1. The Bertz CT molecular complexity index is 1570. The van der Waals surface area contributed by atoms with Gasteiger partial charge in [-0.3, -0.25) is 4.79 Å². The molecule has 1 N–H and O–H groups in total. The van der Waals surface area contributed by atoms with E-state index in [1.807, 2.05) is 13.1 Å². The Morgan fingerprint density at radius 1 is 1.22 bits per heavy atom. The number of ether oxygens (including phenoxy) is 1. The van der Waals surface area contributed by atoms with E-state index in [1.54, 1.807) is 10.7 Å². The molecule has 7 atom stereocenters. The van der Waals surface area contributed by atoms with Crippen molar-refractivity contribution in [2.45, 2.75) is 64.1 Å². The predicted molar refractivity (Wildman–Crippen MR) is 147 cm³/mol. The minimum Gasteiger partial charge on any atom is -0.451 e. The summed E-state index contributed by atoms with van der Waals surface area (Å²) in [5.74, 6) is -0.439. The third-order valence-corrected chi connectivity index (χ3v) is 11.1. The Morgan fingerprint density at radius 2 is 2.05 bits per heavy atom. The maximum atomic E-state index is 13.5. The van der Waals surface area contributed by atoms with Crippen molar-refractivity contribution >= 4 is 29.8 Å². The Morgan fingerprint density at radius 3 is 2.76 bits per heavy atom. The van der Waals surface area contributed by atoms with Gasteiger partial charge < -0.3 is 14.3 Å². The van der Waals surface area contributed by atoms with Gasteiger partial charge in [0.2, 0.25) is 5.12 Å². The molecular formula is C30H31FN4O5S. The van der Waals surface area contributed by atoms with Crippen LogP contribution in [0.1, 0.15) is 67.7 Å². The second-order valence-corrected chi connectivity index (χ2v) is 12.9. The number of rotatable bonds is 4. The normalized spacial score (nSPS) is 35.5. The van der Waals surface area contributed by atoms with Crippen LogP contribution in [0, 0.1) is 34.4 Å². The van der Waals surface area contributed by atoms with Crippen LogP contribution < -0.4 is 0 Å². The Kier molecular flexibility index (Phi) is 5.90. The van der Waals surface area contributed by atoms with E-state index in [2.05, 4.69) is 40.7 Å². The molecule has 4 aliphatic rings. The predicted octanol–water partition coefficient (Wildman–Crippen LogP) is 4.60. The average Bonchev–Trinajstić information content (AvgIpc) is 3.66. The summed E-state index contributed by atoms with van der Waals surface area (Å²) in [5.41, 5.74) is 0.667. The summed E-state index contributed by atoms with van der Waals surface area (Å²) in [7, 11) is 0. The van der Waals surface area contributed by atoms with Crippen LogP contribution in [0.15, 0.2) is 47.2 Å². The van der Waals surface area contributed by atoms with Gasteiger partial charge in [0.1, 0.15) is 12.1 Å². The summed E-state index contributed by atoms with van der Waals surface area (Å²) in [6.07, 6.45) is 10.5. The monoisotopic (exact) mass is 578 g/mol. The van der Waals surface area contributed by atoms with Crippen molar-refractivity contribution in [3.05, 3.63) is 65.5 Å². The van der Waals surface area contributed by atoms with Crippen molar-refractivity contribution in [2.24, 2.45) is 28.6 Å². The molecule has 0 aromatic carbocycles. The molecule has 4 aliphatic carbocycles. The van der Waals surface area contributed by atoms with Crippen LogP contribution in [0.2, 0.25) is 0 Å². The quantitative estimate of drug-likeness (QED) is 0.341. The van der Waals surface area contributed by atoms with Crippen LogP contribution in [0.25, 0.3) is 11.9 Å². The van der Waals surface area contributed by atoms with E-state index in [4.69, 9.17) is 9.15 Å². The molecule has 3 aromatic rings. The summed E-state index contributed by atoms with van der Waals surface area (Å²) >= 11 is 4.24. The van der Waals surface area contributed by atoms with Gasteiger partial charge in [0, 0.05) is 5.41 Å². The fraction of sp³-hybridized carbons (Fsp3) is 0.500. The SMILES string of the molecule is C[C@]12Cc3cnn(-c4ccc(F)cn4)c3C=C1CC[C@@H]1[C@@H]2[C@@H](O)C[C@@]2(C)[C@H]1CC[C@]2(OC(=O)c1cocn1)C(=O)S. The highest BCUT2D eigenvalue weighted by atomic mass is 32.1. The van der Waals surface area contributed by atoms with E-state index >= 15 is 0 Å². The van der Waals surface area contributed by atoms with Crippen LogP contribution in [0.3, 0.4) is 0 Å². The first-order chi connectivity index (χ1) is 19.6. The standard InChI is InChI=1S/C30H31FN4O5S/c1-28-10-16-12-34-35(24-6-4-18(31)13-32-24)22(16)9-17(28)3-5-19-20-7-8-30(27(38)41,29(20,2)11-23(36)25(19)28)40-26(37)21-14-39-15-33-21/h4,6,9,12-15,19-20,23,25,36H,3,5,7-8,10-11H2,1-2H3,(H,38,41)/t19-,20-,23-,25+,28-,29-,30-/m0/s1. The summed E-state index contributed by atoms with van der Waals surface area (Å²) in [4.78, 5) is 34.3. The number of halogens is 1. The highest BCUT2D eigenvalue weighted by molar-refractivity contribution is 7.96. The Labute approximate surface area is 241 Å². The molecular weight excluding hydrogens is 547 g/mol. The fourth-order valence-corrected chi connectivity index (χ4v) is 9.35. The maximum absolute atomic E-state index is 13.5. The van der Waals surface area contributed by atoms with E-state index in [0.29, 0.717) is 31.5 Å². The number of carbonyl (C=O) groups excluding carboxylic acids is 2. The highest BCUT2D eigenvalue weighted by Crippen LogP contribution is 2.68. The average molecular weight is 579 g/mol. The first-order valence-electron chi connectivity index (χ1n) is 14.0. The number of fused-ring (bicyclic) bond motifs is 6. The van der Waals surface area contributed by atoms with Gasteiger partial charge in [0.25, 0.3) is 0 Å². The second-order valence-electron chi connectivity index (χ2n) is 12.5. The van der Waals surface area contributed by atoms with Crippen molar-refractivity contribution < 1.29 is 28.2 Å². The smallest absolute Gasteiger partial charge is 0.361 e. The zero-order valence-electron chi connectivity index (χ0n) is 22.8. The third kappa shape index (κ3) is 3.67. The molecule has 3 aromatic heterocycles.